The number of hydrogen-bond acceptors (Lipinski definition) is 8. The van der Waals surface area contributed by atoms with Crippen molar-refractivity contribution in [2.24, 2.45) is 5.41 Å². The molecule has 54 heavy (non-hydrogen) atoms. The maximum absolute atomic E-state index is 14.8. The van der Waals surface area contributed by atoms with Crippen LogP contribution in [0.3, 0.4) is 0 Å². The molecule has 1 aromatic heterocycles. The van der Waals surface area contributed by atoms with Crippen LogP contribution in [0.2, 0.25) is 10.0 Å². The van der Waals surface area contributed by atoms with E-state index >= 15 is 0 Å². The molecular formula is C41H41Cl2N7O4. The number of aromatic amines is 1. The SMILES string of the molecule is COc1cc(C(=O)O)ccc1NC(=O)[C@@H]1N[C@@H](CC2(C)CCCC2)[C@@]2(CN(Cc3ccc(-c4nn[nH]n4)cc3)c3ccc(Cl)cc32)[C@H]1c1ccccc1Cl. The van der Waals surface area contributed by atoms with Crippen LogP contribution in [-0.2, 0) is 16.8 Å². The predicted molar refractivity (Wildman–Crippen MR) is 208 cm³/mol. The number of carbonyl (C=O) groups excluding carboxylic acids is 1. The molecular weight excluding hydrogens is 725 g/mol. The minimum absolute atomic E-state index is 0.0607. The Hall–Kier alpha value is -4.97. The van der Waals surface area contributed by atoms with Crippen LogP contribution in [0.4, 0.5) is 11.4 Å². The number of amides is 1. The molecule has 13 heteroatoms. The lowest BCUT2D eigenvalue weighted by Gasteiger charge is -2.41. The highest BCUT2D eigenvalue weighted by Gasteiger charge is 2.63. The number of fused-ring (bicyclic) bond motifs is 2. The first kappa shape index (κ1) is 36.0. The summed E-state index contributed by atoms with van der Waals surface area (Å²) in [4.78, 5) is 29.0. The van der Waals surface area contributed by atoms with E-state index in [2.05, 4.69) is 67.3 Å². The van der Waals surface area contributed by atoms with Crippen molar-refractivity contribution in [3.63, 3.8) is 0 Å². The van der Waals surface area contributed by atoms with E-state index in [-0.39, 0.29) is 28.7 Å². The number of rotatable bonds is 10. The molecule has 4 N–H and O–H groups in total. The fraction of sp³-hybridized carbons (Fsp3) is 0.341. The first-order chi connectivity index (χ1) is 26.1. The van der Waals surface area contributed by atoms with E-state index in [1.54, 1.807) is 6.07 Å². The quantitative estimate of drug-likeness (QED) is 0.112. The van der Waals surface area contributed by atoms with E-state index in [0.717, 1.165) is 47.2 Å². The molecule has 278 valence electrons. The van der Waals surface area contributed by atoms with Gasteiger partial charge in [-0.25, -0.2) is 4.79 Å². The Morgan fingerprint density at radius 2 is 1.80 bits per heavy atom. The summed E-state index contributed by atoms with van der Waals surface area (Å²) in [5, 5.41) is 32.3. The summed E-state index contributed by atoms with van der Waals surface area (Å²) in [5.41, 5.74) is 4.88. The molecule has 0 bridgehead atoms. The summed E-state index contributed by atoms with van der Waals surface area (Å²) in [6.45, 7) is 3.60. The fourth-order valence-corrected chi connectivity index (χ4v) is 9.73. The van der Waals surface area contributed by atoms with E-state index in [1.165, 1.54) is 32.1 Å². The van der Waals surface area contributed by atoms with E-state index in [4.69, 9.17) is 27.9 Å². The van der Waals surface area contributed by atoms with Gasteiger partial charge < -0.3 is 25.4 Å². The van der Waals surface area contributed by atoms with Crippen LogP contribution >= 0.6 is 23.2 Å². The topological polar surface area (TPSA) is 145 Å². The zero-order chi connectivity index (χ0) is 37.6. The van der Waals surface area contributed by atoms with Crippen LogP contribution in [0.1, 0.15) is 72.0 Å². The number of aromatic carboxylic acids is 1. The Morgan fingerprint density at radius 3 is 2.50 bits per heavy atom. The Labute approximate surface area is 323 Å². The van der Waals surface area contributed by atoms with Gasteiger partial charge in [0.05, 0.1) is 24.4 Å². The largest absolute Gasteiger partial charge is 0.495 e. The van der Waals surface area contributed by atoms with Crippen LogP contribution in [0.25, 0.3) is 11.4 Å². The molecule has 11 nitrogen and oxygen atoms in total. The average Bonchev–Trinajstić information content (AvgIpc) is 3.97. The van der Waals surface area contributed by atoms with E-state index in [1.807, 2.05) is 42.5 Å². The molecule has 1 amide bonds. The number of benzene rings is 4. The monoisotopic (exact) mass is 765 g/mol. The summed E-state index contributed by atoms with van der Waals surface area (Å²) in [6, 6.07) is 25.7. The summed E-state index contributed by atoms with van der Waals surface area (Å²) >= 11 is 14.0. The maximum atomic E-state index is 14.8. The third-order valence-electron chi connectivity index (χ3n) is 11.8. The molecule has 1 saturated heterocycles. The van der Waals surface area contributed by atoms with Crippen molar-refractivity contribution in [1.29, 1.82) is 0 Å². The standard InChI is InChI=1S/C41H41Cl2N7O4/c1-40(17-5-6-18-40)21-34-41(23-50(32-16-14-27(42)20-29(32)41)22-24-9-11-25(12-10-24)37-46-48-49-47-37)35(28-7-3-4-8-30(28)43)36(45-34)38(51)44-31-15-13-26(39(52)53)19-33(31)54-2/h3-4,7-16,19-20,34-36,45H,5-6,17-18,21-23H2,1-2H3,(H,44,51)(H,52,53)(H,46,47,48,49)/t34-,35-,36+,41-/m0/s1. The Balaban J connectivity index is 1.24. The first-order valence-corrected chi connectivity index (χ1v) is 18.9. The molecule has 4 atom stereocenters. The van der Waals surface area contributed by atoms with Crippen LogP contribution in [-0.4, -0.2) is 63.3 Å². The molecule has 3 heterocycles. The molecule has 1 spiro atoms. The van der Waals surface area contributed by atoms with Gasteiger partial charge in [-0.1, -0.05) is 85.4 Å². The number of carboxylic acid groups (broad SMARTS) is 1. The number of H-pyrrole nitrogens is 1. The number of tetrazole rings is 1. The van der Waals surface area contributed by atoms with Gasteiger partial charge in [0.25, 0.3) is 0 Å². The molecule has 2 fully saturated rings. The summed E-state index contributed by atoms with van der Waals surface area (Å²) in [6.07, 6.45) is 5.43. The van der Waals surface area contributed by atoms with Crippen molar-refractivity contribution in [2.45, 2.75) is 69.0 Å². The van der Waals surface area contributed by atoms with Gasteiger partial charge in [0.1, 0.15) is 5.75 Å². The van der Waals surface area contributed by atoms with E-state index in [0.29, 0.717) is 34.6 Å². The van der Waals surface area contributed by atoms with Crippen molar-refractivity contribution < 1.29 is 19.4 Å². The maximum Gasteiger partial charge on any atom is 0.335 e. The second kappa shape index (κ2) is 14.4. The van der Waals surface area contributed by atoms with Crippen molar-refractivity contribution in [3.8, 4) is 17.1 Å². The first-order valence-electron chi connectivity index (χ1n) is 18.2. The highest BCUT2D eigenvalue weighted by atomic mass is 35.5. The van der Waals surface area contributed by atoms with Crippen molar-refractivity contribution in [1.82, 2.24) is 25.9 Å². The number of anilines is 2. The van der Waals surface area contributed by atoms with Crippen molar-refractivity contribution in [2.75, 3.05) is 23.9 Å². The zero-order valence-corrected chi connectivity index (χ0v) is 31.5. The van der Waals surface area contributed by atoms with Gasteiger partial charge in [-0.05, 0) is 89.0 Å². The predicted octanol–water partition coefficient (Wildman–Crippen LogP) is 7.87. The number of halogens is 2. The lowest BCUT2D eigenvalue weighted by atomic mass is 9.62. The number of hydrogen-bond donors (Lipinski definition) is 4. The number of nitrogens with zero attached hydrogens (tertiary/aromatic N) is 4. The van der Waals surface area contributed by atoms with Crippen LogP contribution < -0.4 is 20.3 Å². The third kappa shape index (κ3) is 6.48. The van der Waals surface area contributed by atoms with Gasteiger partial charge in [-0.15, -0.1) is 10.2 Å². The Morgan fingerprint density at radius 1 is 1.02 bits per heavy atom. The molecule has 1 aliphatic carbocycles. The van der Waals surface area contributed by atoms with Gasteiger partial charge >= 0.3 is 5.97 Å². The fourth-order valence-electron chi connectivity index (χ4n) is 9.30. The van der Waals surface area contributed by atoms with Crippen LogP contribution in [0.15, 0.2) is 84.9 Å². The molecule has 3 aliphatic rings. The average molecular weight is 767 g/mol. The van der Waals surface area contributed by atoms with E-state index in [9.17, 15) is 14.7 Å². The smallest absolute Gasteiger partial charge is 0.335 e. The minimum Gasteiger partial charge on any atom is -0.495 e. The molecule has 5 aromatic rings. The summed E-state index contributed by atoms with van der Waals surface area (Å²) in [5.74, 6) is -0.968. The van der Waals surface area contributed by atoms with Crippen LogP contribution in [0.5, 0.6) is 5.75 Å². The van der Waals surface area contributed by atoms with Crippen molar-refractivity contribution >= 4 is 46.5 Å². The zero-order valence-electron chi connectivity index (χ0n) is 30.0. The molecule has 4 aromatic carbocycles. The number of aromatic nitrogens is 4. The second-order valence-corrected chi connectivity index (χ2v) is 16.0. The molecule has 8 rings (SSSR count). The molecule has 0 radical (unpaired) electrons. The number of ether oxygens (including phenoxy) is 1. The number of nitrogens with one attached hydrogen (secondary N) is 3. The third-order valence-corrected chi connectivity index (χ3v) is 12.4. The molecule has 2 aliphatic heterocycles. The Kier molecular flexibility index (Phi) is 9.58. The highest BCUT2D eigenvalue weighted by molar-refractivity contribution is 6.31. The minimum atomic E-state index is -1.08. The summed E-state index contributed by atoms with van der Waals surface area (Å²) in [7, 11) is 1.46. The van der Waals surface area contributed by atoms with Gasteiger partial charge in [0.2, 0.25) is 11.7 Å². The normalized spacial score (nSPS) is 22.7. The van der Waals surface area contributed by atoms with Crippen LogP contribution in [0, 0.1) is 5.41 Å². The Bertz CT molecular complexity index is 2190. The highest BCUT2D eigenvalue weighted by Crippen LogP contribution is 2.60. The number of methoxy groups -OCH3 is 1. The van der Waals surface area contributed by atoms with E-state index < -0.39 is 23.3 Å². The van der Waals surface area contributed by atoms with Crippen molar-refractivity contribution in [3.05, 3.63) is 117 Å². The molecule has 1 saturated carbocycles. The van der Waals surface area contributed by atoms with Gasteiger partial charge in [0, 0.05) is 51.8 Å². The van der Waals surface area contributed by atoms with Gasteiger partial charge in [-0.2, -0.15) is 5.21 Å². The lowest BCUT2D eigenvalue weighted by Crippen LogP contribution is -2.48. The van der Waals surface area contributed by atoms with Gasteiger partial charge in [0.15, 0.2) is 0 Å². The number of carboxylic acids is 1. The number of carbonyl (C=O) groups is 2. The second-order valence-electron chi connectivity index (χ2n) is 15.1. The van der Waals surface area contributed by atoms with Gasteiger partial charge in [-0.3, -0.25) is 4.79 Å². The lowest BCUT2D eigenvalue weighted by molar-refractivity contribution is -0.118. The molecule has 0 unspecified atom stereocenters. The summed E-state index contributed by atoms with van der Waals surface area (Å²) < 4.78 is 5.55.